The molecule has 2 aromatic carbocycles. The fraction of sp³-hybridized carbons (Fsp3) is 0.381. The number of carbonyl (C=O) groups excluding carboxylic acids is 1. The second kappa shape index (κ2) is 6.99. The maximum absolute atomic E-state index is 12.4. The van der Waals surface area contributed by atoms with Gasteiger partial charge in [0.05, 0.1) is 6.04 Å². The molecule has 0 saturated heterocycles. The van der Waals surface area contributed by atoms with Gasteiger partial charge < -0.3 is 5.32 Å². The first-order valence-corrected chi connectivity index (χ1v) is 8.31. The molecule has 0 radical (unpaired) electrons. The molecule has 0 fully saturated rings. The van der Waals surface area contributed by atoms with Gasteiger partial charge in [0.25, 0.3) is 5.91 Å². The first-order chi connectivity index (χ1) is 10.8. The van der Waals surface area contributed by atoms with E-state index < -0.39 is 0 Å². The third-order valence-corrected chi connectivity index (χ3v) is 4.25. The smallest absolute Gasteiger partial charge is 0.251 e. The minimum atomic E-state index is -0.0301. The van der Waals surface area contributed by atoms with Crippen molar-refractivity contribution >= 4 is 5.91 Å². The topological polar surface area (TPSA) is 29.1 Å². The Labute approximate surface area is 139 Å². The fourth-order valence-electron chi connectivity index (χ4n) is 2.53. The van der Waals surface area contributed by atoms with Gasteiger partial charge in [-0.3, -0.25) is 4.79 Å². The Hall–Kier alpha value is -2.09. The molecular weight excluding hydrogens is 282 g/mol. The van der Waals surface area contributed by atoms with Crippen LogP contribution < -0.4 is 5.32 Å². The Kier molecular flexibility index (Phi) is 5.25. The molecule has 122 valence electrons. The van der Waals surface area contributed by atoms with Crippen LogP contribution in [0.2, 0.25) is 0 Å². The van der Waals surface area contributed by atoms with Crippen LogP contribution in [0.1, 0.15) is 67.7 Å². The molecule has 1 amide bonds. The maximum Gasteiger partial charge on any atom is 0.251 e. The molecule has 0 spiro atoms. The Morgan fingerprint density at radius 2 is 1.57 bits per heavy atom. The van der Waals surface area contributed by atoms with Crippen molar-refractivity contribution in [2.45, 2.75) is 52.5 Å². The van der Waals surface area contributed by atoms with Crippen molar-refractivity contribution in [3.8, 4) is 0 Å². The van der Waals surface area contributed by atoms with E-state index in [4.69, 9.17) is 0 Å². The molecule has 0 heterocycles. The SMILES string of the molecule is CCc1ccc(C(C)NC(=O)c2ccc(C(C)(C)C)cc2)cc1. The summed E-state index contributed by atoms with van der Waals surface area (Å²) in [5.41, 5.74) is 4.47. The second-order valence-corrected chi connectivity index (χ2v) is 7.12. The predicted octanol–water partition coefficient (Wildman–Crippen LogP) is 5.04. The molecule has 0 bridgehead atoms. The van der Waals surface area contributed by atoms with Gasteiger partial charge in [-0.15, -0.1) is 0 Å². The zero-order valence-corrected chi connectivity index (χ0v) is 14.8. The lowest BCUT2D eigenvalue weighted by atomic mass is 9.86. The molecule has 0 aliphatic rings. The molecule has 0 aliphatic heterocycles. The van der Waals surface area contributed by atoms with E-state index in [0.29, 0.717) is 5.56 Å². The number of benzene rings is 2. The highest BCUT2D eigenvalue weighted by molar-refractivity contribution is 5.94. The first kappa shape index (κ1) is 17.3. The summed E-state index contributed by atoms with van der Waals surface area (Å²) in [6.45, 7) is 10.7. The summed E-state index contributed by atoms with van der Waals surface area (Å²) in [7, 11) is 0. The van der Waals surface area contributed by atoms with Crippen LogP contribution in [0.15, 0.2) is 48.5 Å². The Balaban J connectivity index is 2.05. The highest BCUT2D eigenvalue weighted by Gasteiger charge is 2.15. The summed E-state index contributed by atoms with van der Waals surface area (Å²) < 4.78 is 0. The van der Waals surface area contributed by atoms with E-state index in [-0.39, 0.29) is 17.4 Å². The van der Waals surface area contributed by atoms with Gasteiger partial charge in [-0.05, 0) is 47.6 Å². The number of hydrogen-bond acceptors (Lipinski definition) is 1. The van der Waals surface area contributed by atoms with Gasteiger partial charge >= 0.3 is 0 Å². The van der Waals surface area contributed by atoms with Crippen molar-refractivity contribution in [3.05, 3.63) is 70.8 Å². The van der Waals surface area contributed by atoms with Gasteiger partial charge in [0.1, 0.15) is 0 Å². The van der Waals surface area contributed by atoms with Gasteiger partial charge in [0, 0.05) is 5.56 Å². The average molecular weight is 309 g/mol. The number of carbonyl (C=O) groups is 1. The van der Waals surface area contributed by atoms with Crippen LogP contribution in [0.5, 0.6) is 0 Å². The second-order valence-electron chi connectivity index (χ2n) is 7.12. The van der Waals surface area contributed by atoms with Crippen molar-refractivity contribution < 1.29 is 4.79 Å². The monoisotopic (exact) mass is 309 g/mol. The van der Waals surface area contributed by atoms with Crippen molar-refractivity contribution in [3.63, 3.8) is 0 Å². The molecule has 2 nitrogen and oxygen atoms in total. The molecule has 23 heavy (non-hydrogen) atoms. The molecule has 1 unspecified atom stereocenters. The van der Waals surface area contributed by atoms with Gasteiger partial charge in [-0.25, -0.2) is 0 Å². The number of amides is 1. The van der Waals surface area contributed by atoms with Crippen LogP contribution in [-0.4, -0.2) is 5.91 Å². The summed E-state index contributed by atoms with van der Waals surface area (Å²) in [6, 6.07) is 16.3. The summed E-state index contributed by atoms with van der Waals surface area (Å²) in [6.07, 6.45) is 1.03. The van der Waals surface area contributed by atoms with E-state index in [0.717, 1.165) is 12.0 Å². The predicted molar refractivity (Wildman–Crippen MR) is 96.8 cm³/mol. The Morgan fingerprint density at radius 3 is 2.04 bits per heavy atom. The van der Waals surface area contributed by atoms with E-state index in [1.165, 1.54) is 11.1 Å². The van der Waals surface area contributed by atoms with Crippen LogP contribution in [0.25, 0.3) is 0 Å². The molecule has 2 aromatic rings. The number of hydrogen-bond donors (Lipinski definition) is 1. The number of nitrogens with one attached hydrogen (secondary N) is 1. The highest BCUT2D eigenvalue weighted by atomic mass is 16.1. The summed E-state index contributed by atoms with van der Waals surface area (Å²) in [5.74, 6) is -0.0301. The highest BCUT2D eigenvalue weighted by Crippen LogP contribution is 2.22. The third kappa shape index (κ3) is 4.44. The fourth-order valence-corrected chi connectivity index (χ4v) is 2.53. The van der Waals surface area contributed by atoms with Crippen LogP contribution in [-0.2, 0) is 11.8 Å². The van der Waals surface area contributed by atoms with E-state index in [1.807, 2.05) is 31.2 Å². The number of aryl methyl sites for hydroxylation is 1. The molecule has 0 saturated carbocycles. The molecule has 1 atom stereocenters. The molecule has 0 aliphatic carbocycles. The molecule has 2 rings (SSSR count). The standard InChI is InChI=1S/C21H27NO/c1-6-16-7-9-17(10-8-16)15(2)22-20(23)18-11-13-19(14-12-18)21(3,4)5/h7-15H,6H2,1-5H3,(H,22,23). The van der Waals surface area contributed by atoms with E-state index in [1.54, 1.807) is 0 Å². The molecule has 0 aromatic heterocycles. The summed E-state index contributed by atoms with van der Waals surface area (Å²) in [4.78, 5) is 12.4. The lowest BCUT2D eigenvalue weighted by Crippen LogP contribution is -2.26. The van der Waals surface area contributed by atoms with E-state index >= 15 is 0 Å². The van der Waals surface area contributed by atoms with Gasteiger partial charge in [0.15, 0.2) is 0 Å². The maximum atomic E-state index is 12.4. The lowest BCUT2D eigenvalue weighted by Gasteiger charge is -2.19. The first-order valence-electron chi connectivity index (χ1n) is 8.31. The zero-order chi connectivity index (χ0) is 17.0. The minimum Gasteiger partial charge on any atom is -0.346 e. The number of rotatable bonds is 4. The average Bonchev–Trinajstić information content (AvgIpc) is 2.54. The van der Waals surface area contributed by atoms with Crippen molar-refractivity contribution in [2.24, 2.45) is 0 Å². The summed E-state index contributed by atoms with van der Waals surface area (Å²) >= 11 is 0. The Morgan fingerprint density at radius 1 is 1.00 bits per heavy atom. The van der Waals surface area contributed by atoms with Crippen molar-refractivity contribution in [1.29, 1.82) is 0 Å². The normalized spacial score (nSPS) is 12.7. The molecular formula is C21H27NO. The quantitative estimate of drug-likeness (QED) is 0.842. The van der Waals surface area contributed by atoms with Gasteiger partial charge in [0.2, 0.25) is 0 Å². The van der Waals surface area contributed by atoms with Crippen molar-refractivity contribution in [2.75, 3.05) is 0 Å². The largest absolute Gasteiger partial charge is 0.346 e. The van der Waals surface area contributed by atoms with Gasteiger partial charge in [-0.2, -0.15) is 0 Å². The molecule has 2 heteroatoms. The Bertz CT molecular complexity index is 648. The van der Waals surface area contributed by atoms with Crippen LogP contribution in [0.3, 0.4) is 0 Å². The van der Waals surface area contributed by atoms with Crippen molar-refractivity contribution in [1.82, 2.24) is 5.32 Å². The zero-order valence-electron chi connectivity index (χ0n) is 14.8. The summed E-state index contributed by atoms with van der Waals surface area (Å²) in [5, 5.41) is 3.07. The van der Waals surface area contributed by atoms with Crippen LogP contribution in [0.4, 0.5) is 0 Å². The minimum absolute atomic E-state index is 0.00398. The van der Waals surface area contributed by atoms with E-state index in [2.05, 4.69) is 57.3 Å². The van der Waals surface area contributed by atoms with Gasteiger partial charge in [-0.1, -0.05) is 64.1 Å². The van der Waals surface area contributed by atoms with Crippen LogP contribution in [0, 0.1) is 0 Å². The van der Waals surface area contributed by atoms with E-state index in [9.17, 15) is 4.79 Å². The molecule has 1 N–H and O–H groups in total. The third-order valence-electron chi connectivity index (χ3n) is 4.25. The lowest BCUT2D eigenvalue weighted by molar-refractivity contribution is 0.0940. The van der Waals surface area contributed by atoms with Crippen LogP contribution >= 0.6 is 0 Å².